The lowest BCUT2D eigenvalue weighted by atomic mass is 10.2. The minimum absolute atomic E-state index is 0.191. The van der Waals surface area contributed by atoms with Crippen LogP contribution in [0, 0.1) is 59.2 Å². The molecule has 0 heterocycles. The standard InChI is InChI=1S/C21H22O2/c1-3-4-5-6-7-8-9-10-11-12-13-14-15-16-17-18-19-20-21(22)23-2/h3,6,9,12,15,18-20H2,1-2H3. The summed E-state index contributed by atoms with van der Waals surface area (Å²) in [7, 11) is 1.39. The van der Waals surface area contributed by atoms with Gasteiger partial charge in [-0.3, -0.25) is 4.79 Å². The van der Waals surface area contributed by atoms with Crippen LogP contribution in [0.25, 0.3) is 0 Å². The van der Waals surface area contributed by atoms with E-state index in [1.165, 1.54) is 7.11 Å². The molecule has 118 valence electrons. The van der Waals surface area contributed by atoms with Gasteiger partial charge in [-0.05, 0) is 6.42 Å². The summed E-state index contributed by atoms with van der Waals surface area (Å²) >= 11 is 0. The first-order chi connectivity index (χ1) is 11.3. The maximum Gasteiger partial charge on any atom is 0.305 e. The van der Waals surface area contributed by atoms with Crippen molar-refractivity contribution in [2.45, 2.75) is 58.3 Å². The van der Waals surface area contributed by atoms with Gasteiger partial charge in [-0.25, -0.2) is 0 Å². The lowest BCUT2D eigenvalue weighted by Gasteiger charge is -1.93. The summed E-state index contributed by atoms with van der Waals surface area (Å²) in [6.07, 6.45) is 4.97. The highest BCUT2D eigenvalue weighted by molar-refractivity contribution is 5.69. The first kappa shape index (κ1) is 20.3. The Morgan fingerprint density at radius 2 is 1.17 bits per heavy atom. The highest BCUT2D eigenvalue weighted by Gasteiger charge is 1.96. The average molecular weight is 306 g/mol. The summed E-state index contributed by atoms with van der Waals surface area (Å²) in [6.45, 7) is 2.02. The highest BCUT2D eigenvalue weighted by Crippen LogP contribution is 1.95. The fourth-order valence-corrected chi connectivity index (χ4v) is 1.31. The monoisotopic (exact) mass is 306 g/mol. The number of hydrogen-bond acceptors (Lipinski definition) is 2. The number of carbonyl (C=O) groups excluding carboxylic acids is 1. The van der Waals surface area contributed by atoms with Gasteiger partial charge in [-0.2, -0.15) is 0 Å². The van der Waals surface area contributed by atoms with E-state index >= 15 is 0 Å². The van der Waals surface area contributed by atoms with Crippen molar-refractivity contribution in [1.82, 2.24) is 0 Å². The Morgan fingerprint density at radius 3 is 1.61 bits per heavy atom. The molecule has 0 aromatic rings. The normalized spacial score (nSPS) is 7.39. The minimum atomic E-state index is -0.191. The molecular weight excluding hydrogens is 284 g/mol. The predicted molar refractivity (Wildman–Crippen MR) is 93.5 cm³/mol. The Balaban J connectivity index is 3.67. The number of carbonyl (C=O) groups is 1. The van der Waals surface area contributed by atoms with Crippen molar-refractivity contribution in [2.75, 3.05) is 7.11 Å². The van der Waals surface area contributed by atoms with Crippen LogP contribution >= 0.6 is 0 Å². The van der Waals surface area contributed by atoms with Gasteiger partial charge in [-0.1, -0.05) is 54.3 Å². The number of methoxy groups -OCH3 is 1. The molecule has 0 unspecified atom stereocenters. The molecule has 2 nitrogen and oxygen atoms in total. The van der Waals surface area contributed by atoms with Crippen LogP contribution < -0.4 is 0 Å². The highest BCUT2D eigenvalue weighted by atomic mass is 16.5. The van der Waals surface area contributed by atoms with Gasteiger partial charge < -0.3 is 4.74 Å². The second-order valence-corrected chi connectivity index (χ2v) is 4.26. The van der Waals surface area contributed by atoms with Gasteiger partial charge in [0.2, 0.25) is 0 Å². The summed E-state index contributed by atoms with van der Waals surface area (Å²) in [5, 5.41) is 0. The zero-order valence-corrected chi connectivity index (χ0v) is 14.0. The molecule has 0 saturated carbocycles. The number of hydrogen-bond donors (Lipinski definition) is 0. The van der Waals surface area contributed by atoms with E-state index in [4.69, 9.17) is 0 Å². The molecule has 0 aliphatic heterocycles. The Morgan fingerprint density at radius 1 is 0.739 bits per heavy atom. The van der Waals surface area contributed by atoms with Crippen LogP contribution in [0.5, 0.6) is 0 Å². The van der Waals surface area contributed by atoms with Crippen molar-refractivity contribution < 1.29 is 9.53 Å². The molecule has 0 aliphatic carbocycles. The predicted octanol–water partition coefficient (Wildman–Crippen LogP) is 3.32. The molecule has 0 spiro atoms. The number of unbranched alkanes of at least 4 members (excludes halogenated alkanes) is 1. The molecule has 2 heteroatoms. The van der Waals surface area contributed by atoms with Crippen molar-refractivity contribution in [3.63, 3.8) is 0 Å². The Bertz CT molecular complexity index is 643. The largest absolute Gasteiger partial charge is 0.469 e. The molecule has 0 fully saturated rings. The molecule has 0 aromatic heterocycles. The lowest BCUT2D eigenvalue weighted by Crippen LogP contribution is -1.98. The van der Waals surface area contributed by atoms with Crippen LogP contribution in [0.15, 0.2) is 0 Å². The third-order valence-corrected chi connectivity index (χ3v) is 2.42. The van der Waals surface area contributed by atoms with E-state index < -0.39 is 0 Å². The minimum Gasteiger partial charge on any atom is -0.469 e. The Hall–Kier alpha value is -2.73. The van der Waals surface area contributed by atoms with Crippen LogP contribution in [0.1, 0.15) is 58.3 Å². The van der Waals surface area contributed by atoms with E-state index in [-0.39, 0.29) is 5.97 Å². The third-order valence-electron chi connectivity index (χ3n) is 2.42. The molecular formula is C21H22O2. The van der Waals surface area contributed by atoms with E-state index in [2.05, 4.69) is 63.9 Å². The van der Waals surface area contributed by atoms with E-state index in [1.807, 2.05) is 6.92 Å². The maximum atomic E-state index is 10.9. The molecule has 0 aromatic carbocycles. The first-order valence-electron chi connectivity index (χ1n) is 7.66. The van der Waals surface area contributed by atoms with Crippen LogP contribution in [0.2, 0.25) is 0 Å². The lowest BCUT2D eigenvalue weighted by molar-refractivity contribution is -0.140. The van der Waals surface area contributed by atoms with Crippen molar-refractivity contribution in [1.29, 1.82) is 0 Å². The van der Waals surface area contributed by atoms with E-state index in [9.17, 15) is 4.79 Å². The zero-order valence-electron chi connectivity index (χ0n) is 14.0. The number of esters is 1. The second kappa shape index (κ2) is 17.3. The zero-order chi connectivity index (χ0) is 17.0. The van der Waals surface area contributed by atoms with Gasteiger partial charge in [0.1, 0.15) is 0 Å². The van der Waals surface area contributed by atoms with Crippen LogP contribution in [-0.4, -0.2) is 13.1 Å². The van der Waals surface area contributed by atoms with Crippen molar-refractivity contribution >= 4 is 5.97 Å². The quantitative estimate of drug-likeness (QED) is 0.454. The first-order valence-corrected chi connectivity index (χ1v) is 7.66. The van der Waals surface area contributed by atoms with E-state index in [0.717, 1.165) is 12.8 Å². The smallest absolute Gasteiger partial charge is 0.305 e. The summed E-state index contributed by atoms with van der Waals surface area (Å²) < 4.78 is 4.54. The van der Waals surface area contributed by atoms with Crippen molar-refractivity contribution in [3.05, 3.63) is 0 Å². The van der Waals surface area contributed by atoms with Crippen LogP contribution in [-0.2, 0) is 9.53 Å². The molecule has 23 heavy (non-hydrogen) atoms. The summed E-state index contributed by atoms with van der Waals surface area (Å²) in [5.74, 6) is 29.4. The van der Waals surface area contributed by atoms with Gasteiger partial charge >= 0.3 is 5.97 Å². The fraction of sp³-hybridized carbons (Fsp3) is 0.476. The van der Waals surface area contributed by atoms with E-state index in [0.29, 0.717) is 38.5 Å². The van der Waals surface area contributed by atoms with Gasteiger partial charge in [0, 0.05) is 19.3 Å². The van der Waals surface area contributed by atoms with Gasteiger partial charge in [-0.15, -0.1) is 11.8 Å². The van der Waals surface area contributed by atoms with Gasteiger partial charge in [0.15, 0.2) is 0 Å². The second-order valence-electron chi connectivity index (χ2n) is 4.26. The van der Waals surface area contributed by atoms with Crippen molar-refractivity contribution in [3.8, 4) is 59.2 Å². The molecule has 0 radical (unpaired) electrons. The third kappa shape index (κ3) is 17.2. The molecule has 0 saturated heterocycles. The molecule has 0 amide bonds. The summed E-state index contributed by atoms with van der Waals surface area (Å²) in [6, 6.07) is 0. The fourth-order valence-electron chi connectivity index (χ4n) is 1.31. The topological polar surface area (TPSA) is 26.3 Å². The summed E-state index contributed by atoms with van der Waals surface area (Å²) in [4.78, 5) is 10.9. The maximum absolute atomic E-state index is 10.9. The Kier molecular flexibility index (Phi) is 15.3. The molecule has 0 rings (SSSR count). The van der Waals surface area contributed by atoms with Crippen LogP contribution in [0.3, 0.4) is 0 Å². The molecule has 0 atom stereocenters. The van der Waals surface area contributed by atoms with Crippen molar-refractivity contribution in [2.24, 2.45) is 0 Å². The summed E-state index contributed by atoms with van der Waals surface area (Å²) in [5.41, 5.74) is 0. The molecule has 0 N–H and O–H groups in total. The number of rotatable bonds is 3. The van der Waals surface area contributed by atoms with Gasteiger partial charge in [0.25, 0.3) is 0 Å². The van der Waals surface area contributed by atoms with E-state index in [1.54, 1.807) is 0 Å². The molecule has 0 bridgehead atoms. The SMILES string of the molecule is CCC#CCC#CCC#CCC#CCC#CCCCC(=O)OC. The van der Waals surface area contributed by atoms with Crippen LogP contribution in [0.4, 0.5) is 0 Å². The molecule has 0 aliphatic rings. The number of ether oxygens (including phenoxy) is 1. The van der Waals surface area contributed by atoms with Gasteiger partial charge in [0.05, 0.1) is 32.8 Å². The Labute approximate surface area is 140 Å². The average Bonchev–Trinajstić information content (AvgIpc) is 2.57.